The highest BCUT2D eigenvalue weighted by atomic mass is 16.5. The average Bonchev–Trinajstić information content (AvgIpc) is 2.55. The molecule has 0 aliphatic rings. The van der Waals surface area contributed by atoms with Crippen LogP contribution in [0.3, 0.4) is 0 Å². The van der Waals surface area contributed by atoms with E-state index in [0.29, 0.717) is 6.54 Å². The van der Waals surface area contributed by atoms with Gasteiger partial charge < -0.3 is 14.8 Å². The zero-order chi connectivity index (χ0) is 16.8. The molecule has 0 aliphatic carbocycles. The van der Waals surface area contributed by atoms with Crippen molar-refractivity contribution in [3.63, 3.8) is 0 Å². The first kappa shape index (κ1) is 16.9. The number of carbonyl (C=O) groups excluding carboxylic acids is 1. The minimum absolute atomic E-state index is 0.138. The Bertz CT molecular complexity index is 665. The van der Waals surface area contributed by atoms with Crippen LogP contribution in [0.2, 0.25) is 0 Å². The molecule has 4 heteroatoms. The molecule has 0 bridgehead atoms. The summed E-state index contributed by atoms with van der Waals surface area (Å²) in [5.74, 6) is 1.40. The van der Waals surface area contributed by atoms with Crippen LogP contribution in [-0.4, -0.2) is 19.1 Å². The van der Waals surface area contributed by atoms with Gasteiger partial charge in [-0.05, 0) is 50.1 Å². The van der Waals surface area contributed by atoms with Crippen LogP contribution in [0.1, 0.15) is 23.6 Å². The van der Waals surface area contributed by atoms with E-state index in [-0.39, 0.29) is 5.91 Å². The van der Waals surface area contributed by atoms with Gasteiger partial charge in [0, 0.05) is 6.54 Å². The van der Waals surface area contributed by atoms with E-state index in [1.807, 2.05) is 56.3 Å². The summed E-state index contributed by atoms with van der Waals surface area (Å²) < 4.78 is 10.9. The van der Waals surface area contributed by atoms with Crippen molar-refractivity contribution in [3.05, 3.63) is 59.2 Å². The van der Waals surface area contributed by atoms with Crippen molar-refractivity contribution < 1.29 is 14.3 Å². The Morgan fingerprint density at radius 2 is 1.83 bits per heavy atom. The van der Waals surface area contributed by atoms with Crippen molar-refractivity contribution in [1.29, 1.82) is 0 Å². The summed E-state index contributed by atoms with van der Waals surface area (Å²) in [7, 11) is 1.63. The molecular weight excluding hydrogens is 290 g/mol. The van der Waals surface area contributed by atoms with Crippen molar-refractivity contribution in [1.82, 2.24) is 5.32 Å². The van der Waals surface area contributed by atoms with Gasteiger partial charge in [-0.25, -0.2) is 0 Å². The predicted octanol–water partition coefficient (Wildman–Crippen LogP) is 3.40. The van der Waals surface area contributed by atoms with Gasteiger partial charge in [-0.1, -0.05) is 29.8 Å². The molecular formula is C19H23NO3. The van der Waals surface area contributed by atoms with Crippen molar-refractivity contribution in [2.24, 2.45) is 0 Å². The minimum Gasteiger partial charge on any atom is -0.497 e. The molecule has 0 aliphatic heterocycles. The molecule has 4 nitrogen and oxygen atoms in total. The Labute approximate surface area is 137 Å². The maximum Gasteiger partial charge on any atom is 0.261 e. The Kier molecular flexibility index (Phi) is 5.63. The van der Waals surface area contributed by atoms with E-state index < -0.39 is 6.10 Å². The maximum absolute atomic E-state index is 12.2. The molecule has 2 rings (SSSR count). The molecule has 0 saturated carbocycles. The highest BCUT2D eigenvalue weighted by molar-refractivity contribution is 5.80. The van der Waals surface area contributed by atoms with Crippen LogP contribution in [0.5, 0.6) is 11.5 Å². The van der Waals surface area contributed by atoms with E-state index >= 15 is 0 Å². The number of rotatable bonds is 6. The van der Waals surface area contributed by atoms with Crippen LogP contribution in [0.4, 0.5) is 0 Å². The number of amides is 1. The Hall–Kier alpha value is -2.49. The third-order valence-corrected chi connectivity index (χ3v) is 3.63. The van der Waals surface area contributed by atoms with E-state index in [1.54, 1.807) is 14.0 Å². The predicted molar refractivity (Wildman–Crippen MR) is 90.8 cm³/mol. The monoisotopic (exact) mass is 313 g/mol. The first-order valence-corrected chi connectivity index (χ1v) is 7.64. The number of hydrogen-bond donors (Lipinski definition) is 1. The minimum atomic E-state index is -0.547. The summed E-state index contributed by atoms with van der Waals surface area (Å²) in [4.78, 5) is 12.2. The molecule has 0 radical (unpaired) electrons. The molecule has 23 heavy (non-hydrogen) atoms. The van der Waals surface area contributed by atoms with Crippen LogP contribution in [0, 0.1) is 13.8 Å². The second-order valence-electron chi connectivity index (χ2n) is 5.59. The van der Waals surface area contributed by atoms with E-state index in [9.17, 15) is 4.79 Å². The van der Waals surface area contributed by atoms with Gasteiger partial charge in [0.25, 0.3) is 5.91 Å². The zero-order valence-corrected chi connectivity index (χ0v) is 14.1. The van der Waals surface area contributed by atoms with Gasteiger partial charge in [0.05, 0.1) is 7.11 Å². The van der Waals surface area contributed by atoms with Crippen molar-refractivity contribution in [3.8, 4) is 11.5 Å². The number of benzene rings is 2. The van der Waals surface area contributed by atoms with Gasteiger partial charge in [0.15, 0.2) is 6.10 Å². The van der Waals surface area contributed by atoms with Crippen molar-refractivity contribution in [2.75, 3.05) is 7.11 Å². The lowest BCUT2D eigenvalue weighted by Crippen LogP contribution is -2.36. The number of hydrogen-bond acceptors (Lipinski definition) is 3. The molecule has 0 spiro atoms. The second kappa shape index (κ2) is 7.68. The molecule has 0 unspecified atom stereocenters. The highest BCUT2D eigenvalue weighted by Crippen LogP contribution is 2.20. The van der Waals surface area contributed by atoms with Gasteiger partial charge in [-0.15, -0.1) is 0 Å². The number of carbonyl (C=O) groups is 1. The highest BCUT2D eigenvalue weighted by Gasteiger charge is 2.15. The van der Waals surface area contributed by atoms with Crippen LogP contribution >= 0.6 is 0 Å². The van der Waals surface area contributed by atoms with Crippen LogP contribution < -0.4 is 14.8 Å². The lowest BCUT2D eigenvalue weighted by Gasteiger charge is -2.16. The van der Waals surface area contributed by atoms with Gasteiger partial charge in [-0.2, -0.15) is 0 Å². The summed E-state index contributed by atoms with van der Waals surface area (Å²) in [5, 5.41) is 2.88. The Morgan fingerprint density at radius 3 is 2.43 bits per heavy atom. The van der Waals surface area contributed by atoms with Crippen LogP contribution in [0.25, 0.3) is 0 Å². The molecule has 0 fully saturated rings. The molecule has 1 atom stereocenters. The van der Waals surface area contributed by atoms with E-state index in [2.05, 4.69) is 5.32 Å². The lowest BCUT2D eigenvalue weighted by atomic mass is 10.1. The first-order chi connectivity index (χ1) is 11.0. The Balaban J connectivity index is 1.89. The smallest absolute Gasteiger partial charge is 0.261 e. The van der Waals surface area contributed by atoms with Gasteiger partial charge in [-0.3, -0.25) is 4.79 Å². The first-order valence-electron chi connectivity index (χ1n) is 7.64. The fourth-order valence-electron chi connectivity index (χ4n) is 2.25. The normalized spacial score (nSPS) is 11.7. The van der Waals surface area contributed by atoms with Crippen molar-refractivity contribution >= 4 is 5.91 Å². The third-order valence-electron chi connectivity index (χ3n) is 3.63. The fraction of sp³-hybridized carbons (Fsp3) is 0.316. The van der Waals surface area contributed by atoms with E-state index in [0.717, 1.165) is 22.6 Å². The molecule has 2 aromatic carbocycles. The molecule has 1 amide bonds. The van der Waals surface area contributed by atoms with Crippen LogP contribution in [0.15, 0.2) is 42.5 Å². The van der Waals surface area contributed by atoms with Crippen LogP contribution in [-0.2, 0) is 11.3 Å². The number of ether oxygens (including phenoxy) is 2. The SMILES string of the molecule is COc1ccc(CNC(=O)[C@H](C)Oc2ccc(C)cc2C)cc1. The number of nitrogens with one attached hydrogen (secondary N) is 1. The fourth-order valence-corrected chi connectivity index (χ4v) is 2.25. The molecule has 1 N–H and O–H groups in total. The summed E-state index contributed by atoms with van der Waals surface area (Å²) in [5.41, 5.74) is 3.21. The van der Waals surface area contributed by atoms with Gasteiger partial charge in [0.2, 0.25) is 0 Å². The van der Waals surface area contributed by atoms with E-state index in [4.69, 9.17) is 9.47 Å². The number of methoxy groups -OCH3 is 1. The lowest BCUT2D eigenvalue weighted by molar-refractivity contribution is -0.127. The zero-order valence-electron chi connectivity index (χ0n) is 14.1. The molecule has 0 aromatic heterocycles. The number of aryl methyl sites for hydroxylation is 2. The van der Waals surface area contributed by atoms with Gasteiger partial charge in [0.1, 0.15) is 11.5 Å². The molecule has 0 saturated heterocycles. The summed E-state index contributed by atoms with van der Waals surface area (Å²) >= 11 is 0. The standard InChI is InChI=1S/C19H23NO3/c1-13-5-10-18(14(2)11-13)23-15(3)19(21)20-12-16-6-8-17(22-4)9-7-16/h5-11,15H,12H2,1-4H3,(H,20,21)/t15-/m0/s1. The Morgan fingerprint density at radius 1 is 1.13 bits per heavy atom. The third kappa shape index (κ3) is 4.74. The van der Waals surface area contributed by atoms with Crippen molar-refractivity contribution in [2.45, 2.75) is 33.4 Å². The molecule has 0 heterocycles. The van der Waals surface area contributed by atoms with Gasteiger partial charge >= 0.3 is 0 Å². The summed E-state index contributed by atoms with van der Waals surface area (Å²) in [6, 6.07) is 13.5. The van der Waals surface area contributed by atoms with E-state index in [1.165, 1.54) is 5.56 Å². The molecule has 122 valence electrons. The summed E-state index contributed by atoms with van der Waals surface area (Å²) in [6.45, 7) is 6.22. The maximum atomic E-state index is 12.2. The topological polar surface area (TPSA) is 47.6 Å². The second-order valence-corrected chi connectivity index (χ2v) is 5.59. The largest absolute Gasteiger partial charge is 0.497 e. The quantitative estimate of drug-likeness (QED) is 0.889. The average molecular weight is 313 g/mol. The summed E-state index contributed by atoms with van der Waals surface area (Å²) in [6.07, 6.45) is -0.547. The molecule has 2 aromatic rings.